The number of thioether (sulfide) groups is 1. The van der Waals surface area contributed by atoms with Gasteiger partial charge in [-0.3, -0.25) is 4.79 Å². The number of ether oxygens (including phenoxy) is 1. The van der Waals surface area contributed by atoms with Crippen molar-refractivity contribution in [3.63, 3.8) is 0 Å². The van der Waals surface area contributed by atoms with Crippen LogP contribution in [0.25, 0.3) is 0 Å². The molecule has 0 atom stereocenters. The molecule has 0 radical (unpaired) electrons. The second-order valence-electron chi connectivity index (χ2n) is 6.90. The van der Waals surface area contributed by atoms with Gasteiger partial charge in [0.2, 0.25) is 11.0 Å². The number of rotatable bonds is 6. The van der Waals surface area contributed by atoms with Crippen LogP contribution in [0.2, 0.25) is 0 Å². The fourth-order valence-electron chi connectivity index (χ4n) is 3.52. The van der Waals surface area contributed by atoms with Gasteiger partial charge < -0.3 is 19.4 Å². The summed E-state index contributed by atoms with van der Waals surface area (Å²) >= 11 is 3.09. The highest BCUT2D eigenvalue weighted by molar-refractivity contribution is 8.01. The second kappa shape index (κ2) is 9.00. The lowest BCUT2D eigenvalue weighted by Gasteiger charge is -2.35. The van der Waals surface area contributed by atoms with E-state index in [1.165, 1.54) is 17.4 Å². The predicted molar refractivity (Wildman–Crippen MR) is 114 cm³/mol. The molecule has 0 aliphatic carbocycles. The van der Waals surface area contributed by atoms with Crippen LogP contribution in [0.5, 0.6) is 5.75 Å². The van der Waals surface area contributed by atoms with Crippen molar-refractivity contribution in [3.05, 3.63) is 24.3 Å². The Morgan fingerprint density at radius 2 is 1.71 bits per heavy atom. The van der Waals surface area contributed by atoms with Crippen LogP contribution in [0.15, 0.2) is 28.6 Å². The summed E-state index contributed by atoms with van der Waals surface area (Å²) in [6.45, 7) is 5.53. The van der Waals surface area contributed by atoms with Gasteiger partial charge in [-0.05, 0) is 37.1 Å². The van der Waals surface area contributed by atoms with Gasteiger partial charge >= 0.3 is 0 Å². The minimum atomic E-state index is 0.215. The normalized spacial score (nSPS) is 17.2. The summed E-state index contributed by atoms with van der Waals surface area (Å²) in [6, 6.07) is 8.20. The molecule has 0 spiro atoms. The lowest BCUT2D eigenvalue weighted by Crippen LogP contribution is -2.46. The molecule has 28 heavy (non-hydrogen) atoms. The first kappa shape index (κ1) is 19.3. The minimum absolute atomic E-state index is 0.215. The molecule has 9 heteroatoms. The SMILES string of the molecule is COc1ccc(N2CCN(c3nnc(SCC(=O)N4CCCC4)s3)CC2)cc1. The lowest BCUT2D eigenvalue weighted by atomic mass is 10.2. The van der Waals surface area contributed by atoms with Gasteiger partial charge in [0.1, 0.15) is 5.75 Å². The number of aromatic nitrogens is 2. The number of methoxy groups -OCH3 is 1. The first-order valence-corrected chi connectivity index (χ1v) is 11.4. The van der Waals surface area contributed by atoms with E-state index in [1.54, 1.807) is 18.4 Å². The average Bonchev–Trinajstić information content (AvgIpc) is 3.45. The number of carbonyl (C=O) groups excluding carboxylic acids is 1. The molecule has 150 valence electrons. The van der Waals surface area contributed by atoms with Crippen LogP contribution in [-0.2, 0) is 4.79 Å². The zero-order chi connectivity index (χ0) is 19.3. The molecule has 3 heterocycles. The van der Waals surface area contributed by atoms with E-state index in [9.17, 15) is 4.79 Å². The fourth-order valence-corrected chi connectivity index (χ4v) is 5.31. The maximum Gasteiger partial charge on any atom is 0.233 e. The van der Waals surface area contributed by atoms with Gasteiger partial charge in [0.15, 0.2) is 4.34 Å². The van der Waals surface area contributed by atoms with Crippen LogP contribution >= 0.6 is 23.1 Å². The van der Waals surface area contributed by atoms with Crippen molar-refractivity contribution in [2.45, 2.75) is 17.2 Å². The number of likely N-dealkylation sites (tertiary alicyclic amines) is 1. The molecule has 2 aliphatic rings. The Kier molecular flexibility index (Phi) is 6.21. The Hall–Kier alpha value is -2.00. The molecule has 1 amide bonds. The zero-order valence-electron chi connectivity index (χ0n) is 16.0. The van der Waals surface area contributed by atoms with E-state index in [0.29, 0.717) is 5.75 Å². The van der Waals surface area contributed by atoms with Gasteiger partial charge in [0.05, 0.1) is 12.9 Å². The van der Waals surface area contributed by atoms with Gasteiger partial charge in [-0.2, -0.15) is 0 Å². The molecule has 7 nitrogen and oxygen atoms in total. The number of anilines is 2. The predicted octanol–water partition coefficient (Wildman–Crippen LogP) is 2.59. The molecule has 0 saturated carbocycles. The highest BCUT2D eigenvalue weighted by Gasteiger charge is 2.22. The summed E-state index contributed by atoms with van der Waals surface area (Å²) in [5.74, 6) is 1.55. The molecule has 2 aromatic rings. The third-order valence-electron chi connectivity index (χ3n) is 5.16. The average molecular weight is 420 g/mol. The number of piperazine rings is 1. The Morgan fingerprint density at radius 3 is 2.39 bits per heavy atom. The summed E-state index contributed by atoms with van der Waals surface area (Å²) in [6.07, 6.45) is 2.25. The lowest BCUT2D eigenvalue weighted by molar-refractivity contribution is -0.127. The zero-order valence-corrected chi connectivity index (χ0v) is 17.7. The number of amides is 1. The third-order valence-corrected chi connectivity index (χ3v) is 7.26. The van der Waals surface area contributed by atoms with Crippen molar-refractivity contribution in [3.8, 4) is 5.75 Å². The van der Waals surface area contributed by atoms with Gasteiger partial charge in [0.25, 0.3) is 0 Å². The van der Waals surface area contributed by atoms with Crippen molar-refractivity contribution in [2.24, 2.45) is 0 Å². The molecule has 2 saturated heterocycles. The van der Waals surface area contributed by atoms with E-state index < -0.39 is 0 Å². The van der Waals surface area contributed by atoms with E-state index in [1.807, 2.05) is 17.0 Å². The summed E-state index contributed by atoms with van der Waals surface area (Å²) in [5, 5.41) is 9.58. The molecule has 0 N–H and O–H groups in total. The van der Waals surface area contributed by atoms with Crippen molar-refractivity contribution >= 4 is 39.8 Å². The van der Waals surface area contributed by atoms with Crippen LogP contribution in [0, 0.1) is 0 Å². The molecule has 0 bridgehead atoms. The van der Waals surface area contributed by atoms with Gasteiger partial charge in [-0.15, -0.1) is 10.2 Å². The second-order valence-corrected chi connectivity index (χ2v) is 9.08. The van der Waals surface area contributed by atoms with Crippen molar-refractivity contribution in [1.29, 1.82) is 0 Å². The fraction of sp³-hybridized carbons (Fsp3) is 0.526. The maximum atomic E-state index is 12.2. The van der Waals surface area contributed by atoms with Crippen LogP contribution in [-0.4, -0.2) is 73.1 Å². The Morgan fingerprint density at radius 1 is 1.04 bits per heavy atom. The topological polar surface area (TPSA) is 61.8 Å². The molecule has 1 aromatic carbocycles. The summed E-state index contributed by atoms with van der Waals surface area (Å²) in [7, 11) is 1.69. The standard InChI is InChI=1S/C19H25N5O2S2/c1-26-16-6-4-15(5-7-16)22-10-12-24(13-11-22)18-20-21-19(28-18)27-14-17(25)23-8-2-3-9-23/h4-7H,2-3,8-14H2,1H3. The van der Waals surface area contributed by atoms with Crippen LogP contribution in [0.1, 0.15) is 12.8 Å². The monoisotopic (exact) mass is 419 g/mol. The highest BCUT2D eigenvalue weighted by Crippen LogP contribution is 2.30. The first-order chi connectivity index (χ1) is 13.7. The van der Waals surface area contributed by atoms with Gasteiger partial charge in [0, 0.05) is 45.0 Å². The number of hydrogen-bond donors (Lipinski definition) is 0. The molecule has 0 unspecified atom stereocenters. The van der Waals surface area contributed by atoms with Gasteiger partial charge in [-0.1, -0.05) is 23.1 Å². The van der Waals surface area contributed by atoms with Gasteiger partial charge in [-0.25, -0.2) is 0 Å². The molecular weight excluding hydrogens is 394 g/mol. The molecule has 4 rings (SSSR count). The van der Waals surface area contributed by atoms with Crippen molar-refractivity contribution in [2.75, 3.05) is 61.9 Å². The van der Waals surface area contributed by atoms with Crippen LogP contribution < -0.4 is 14.5 Å². The molecule has 1 aromatic heterocycles. The van der Waals surface area contributed by atoms with E-state index in [4.69, 9.17) is 4.74 Å². The van der Waals surface area contributed by atoms with E-state index in [2.05, 4.69) is 32.1 Å². The molecule has 2 fully saturated rings. The van der Waals surface area contributed by atoms with E-state index in [0.717, 1.165) is 67.3 Å². The van der Waals surface area contributed by atoms with Crippen molar-refractivity contribution in [1.82, 2.24) is 15.1 Å². The quantitative estimate of drug-likeness (QED) is 0.667. The van der Waals surface area contributed by atoms with E-state index in [-0.39, 0.29) is 5.91 Å². The first-order valence-electron chi connectivity index (χ1n) is 9.61. The Labute approximate surface area is 173 Å². The maximum absolute atomic E-state index is 12.2. The minimum Gasteiger partial charge on any atom is -0.497 e. The summed E-state index contributed by atoms with van der Waals surface area (Å²) in [5.41, 5.74) is 1.22. The Balaban J connectivity index is 1.27. The molecule has 2 aliphatic heterocycles. The number of carbonyl (C=O) groups is 1. The Bertz CT molecular complexity index is 784. The van der Waals surface area contributed by atoms with Crippen LogP contribution in [0.4, 0.5) is 10.8 Å². The largest absolute Gasteiger partial charge is 0.497 e. The van der Waals surface area contributed by atoms with Crippen molar-refractivity contribution < 1.29 is 9.53 Å². The van der Waals surface area contributed by atoms with E-state index >= 15 is 0 Å². The molecular formula is C19H25N5O2S2. The summed E-state index contributed by atoms with van der Waals surface area (Å²) in [4.78, 5) is 18.8. The number of benzene rings is 1. The number of hydrogen-bond acceptors (Lipinski definition) is 8. The van der Waals surface area contributed by atoms with Crippen LogP contribution in [0.3, 0.4) is 0 Å². The smallest absolute Gasteiger partial charge is 0.233 e. The third kappa shape index (κ3) is 4.52. The number of nitrogens with zero attached hydrogens (tertiary/aromatic N) is 5. The summed E-state index contributed by atoms with van der Waals surface area (Å²) < 4.78 is 6.11. The highest BCUT2D eigenvalue weighted by atomic mass is 32.2.